The van der Waals surface area contributed by atoms with Crippen LogP contribution in [0.15, 0.2) is 83.7 Å². The third-order valence-corrected chi connectivity index (χ3v) is 6.23. The smallest absolute Gasteiger partial charge is 0.313 e. The Labute approximate surface area is 237 Å². The van der Waals surface area contributed by atoms with Crippen molar-refractivity contribution < 1.29 is 28.3 Å². The number of anilines is 2. The van der Waals surface area contributed by atoms with E-state index in [1.807, 2.05) is 26.0 Å². The fourth-order valence-corrected chi connectivity index (χ4v) is 4.19. The van der Waals surface area contributed by atoms with Crippen LogP contribution in [0, 0.1) is 0 Å². The zero-order valence-electron chi connectivity index (χ0n) is 23.1. The molecule has 3 N–H and O–H groups in total. The molecule has 1 heterocycles. The van der Waals surface area contributed by atoms with Crippen LogP contribution in [0.25, 0.3) is 11.3 Å². The number of nitrogens with one attached hydrogen (secondary N) is 3. The lowest BCUT2D eigenvalue weighted by Crippen LogP contribution is -2.49. The van der Waals surface area contributed by atoms with Crippen LogP contribution in [0.3, 0.4) is 0 Å². The molecule has 0 bridgehead atoms. The van der Waals surface area contributed by atoms with Crippen LogP contribution in [0.5, 0.6) is 5.75 Å². The van der Waals surface area contributed by atoms with E-state index >= 15 is 0 Å². The Morgan fingerprint density at radius 1 is 0.854 bits per heavy atom. The average Bonchev–Trinajstić information content (AvgIpc) is 3.48. The number of hydrogen-bond acceptors (Lipinski definition) is 7. The molecule has 41 heavy (non-hydrogen) atoms. The van der Waals surface area contributed by atoms with E-state index in [1.54, 1.807) is 60.8 Å². The summed E-state index contributed by atoms with van der Waals surface area (Å²) in [5.74, 6) is -1.00. The van der Waals surface area contributed by atoms with E-state index in [1.165, 1.54) is 20.4 Å². The van der Waals surface area contributed by atoms with Crippen LogP contribution in [0.4, 0.5) is 11.4 Å². The van der Waals surface area contributed by atoms with Crippen LogP contribution >= 0.6 is 0 Å². The lowest BCUT2D eigenvalue weighted by molar-refractivity contribution is -0.137. The van der Waals surface area contributed by atoms with Crippen molar-refractivity contribution >= 4 is 34.9 Å². The van der Waals surface area contributed by atoms with Gasteiger partial charge in [0.25, 0.3) is 5.91 Å². The second-order valence-electron chi connectivity index (χ2n) is 10.0. The van der Waals surface area contributed by atoms with Crippen molar-refractivity contribution in [1.82, 2.24) is 10.3 Å². The second kappa shape index (κ2) is 12.3. The molecular weight excluding hydrogens is 524 g/mol. The Bertz CT molecular complexity index is 1560. The molecule has 0 aliphatic heterocycles. The summed E-state index contributed by atoms with van der Waals surface area (Å²) in [6.45, 7) is 5.10. The molecule has 0 spiro atoms. The number of methoxy groups -OCH3 is 1. The number of benzene rings is 3. The van der Waals surface area contributed by atoms with Crippen LogP contribution in [-0.2, 0) is 16.0 Å². The van der Waals surface area contributed by atoms with Crippen LogP contribution in [0.1, 0.15) is 47.1 Å². The maximum atomic E-state index is 12.7. The van der Waals surface area contributed by atoms with Crippen molar-refractivity contribution in [3.8, 4) is 17.1 Å². The first-order valence-corrected chi connectivity index (χ1v) is 12.8. The number of amides is 3. The van der Waals surface area contributed by atoms with E-state index in [2.05, 4.69) is 20.9 Å². The molecule has 1 aromatic heterocycles. The molecular formula is C31H30N4O6. The van der Waals surface area contributed by atoms with Crippen molar-refractivity contribution in [2.24, 2.45) is 0 Å². The summed E-state index contributed by atoms with van der Waals surface area (Å²) < 4.78 is 10.7. The van der Waals surface area contributed by atoms with E-state index in [0.717, 1.165) is 5.56 Å². The molecule has 0 aliphatic carbocycles. The number of oxazole rings is 1. The fraction of sp³-hybridized carbons (Fsp3) is 0.194. The van der Waals surface area contributed by atoms with Gasteiger partial charge in [-0.3, -0.25) is 19.2 Å². The summed E-state index contributed by atoms with van der Waals surface area (Å²) in [5.41, 5.74) is 2.76. The summed E-state index contributed by atoms with van der Waals surface area (Å²) in [4.78, 5) is 53.2. The number of hydrogen-bond donors (Lipinski definition) is 3. The Morgan fingerprint density at radius 3 is 2.12 bits per heavy atom. The molecule has 0 atom stereocenters. The van der Waals surface area contributed by atoms with E-state index in [-0.39, 0.29) is 11.7 Å². The van der Waals surface area contributed by atoms with Crippen LogP contribution in [-0.4, -0.2) is 41.1 Å². The highest BCUT2D eigenvalue weighted by atomic mass is 16.5. The summed E-state index contributed by atoms with van der Waals surface area (Å²) >= 11 is 0. The molecule has 0 radical (unpaired) electrons. The molecule has 0 saturated carbocycles. The quantitative estimate of drug-likeness (QED) is 0.198. The molecule has 3 amide bonds. The summed E-state index contributed by atoms with van der Waals surface area (Å²) in [6, 6.07) is 18.6. The highest BCUT2D eigenvalue weighted by molar-refractivity contribution is 6.39. The van der Waals surface area contributed by atoms with Crippen molar-refractivity contribution in [3.05, 3.63) is 96.0 Å². The Kier molecular flexibility index (Phi) is 8.62. The van der Waals surface area contributed by atoms with Crippen molar-refractivity contribution in [2.45, 2.75) is 32.7 Å². The summed E-state index contributed by atoms with van der Waals surface area (Å²) in [6.07, 6.45) is 3.29. The highest BCUT2D eigenvalue weighted by Crippen LogP contribution is 2.32. The Balaban J connectivity index is 1.32. The number of carbonyl (C=O) groups excluding carboxylic acids is 4. The predicted octanol–water partition coefficient (Wildman–Crippen LogP) is 4.88. The maximum Gasteiger partial charge on any atom is 0.313 e. The third kappa shape index (κ3) is 7.45. The zero-order chi connectivity index (χ0) is 29.6. The Hall–Kier alpha value is -5.25. The average molecular weight is 555 g/mol. The molecule has 0 saturated heterocycles. The van der Waals surface area contributed by atoms with Gasteiger partial charge in [-0.15, -0.1) is 0 Å². The molecule has 0 unspecified atom stereocenters. The maximum absolute atomic E-state index is 12.7. The molecule has 10 heteroatoms. The zero-order valence-corrected chi connectivity index (χ0v) is 23.1. The standard InChI is InChI=1S/C31H30N4O6/c1-19(36)21-7-9-22(10-8-21)28(37)33-23-11-5-20(6-12-23)16-31(2,3)35-30(39)29(38)34-24-13-14-25(26(15-24)40-4)27-17-32-18-41-27/h5-15,17-18H,16H2,1-4H3,(H,33,37)(H,34,38)(H,35,39). The molecule has 3 aromatic carbocycles. The van der Waals surface area contributed by atoms with Gasteiger partial charge in [-0.05, 0) is 69.2 Å². The van der Waals surface area contributed by atoms with Gasteiger partial charge in [-0.1, -0.05) is 24.3 Å². The molecule has 210 valence electrons. The van der Waals surface area contributed by atoms with E-state index in [4.69, 9.17) is 9.15 Å². The van der Waals surface area contributed by atoms with Gasteiger partial charge in [0.2, 0.25) is 0 Å². The van der Waals surface area contributed by atoms with Gasteiger partial charge >= 0.3 is 11.8 Å². The van der Waals surface area contributed by atoms with Crippen LogP contribution in [0.2, 0.25) is 0 Å². The second-order valence-corrected chi connectivity index (χ2v) is 10.0. The predicted molar refractivity (Wildman–Crippen MR) is 154 cm³/mol. The van der Waals surface area contributed by atoms with Crippen molar-refractivity contribution in [2.75, 3.05) is 17.7 Å². The lowest BCUT2D eigenvalue weighted by atomic mass is 9.94. The van der Waals surface area contributed by atoms with Gasteiger partial charge in [0.15, 0.2) is 17.9 Å². The topological polar surface area (TPSA) is 140 Å². The minimum atomic E-state index is -0.818. The van der Waals surface area contributed by atoms with Gasteiger partial charge in [-0.25, -0.2) is 4.98 Å². The van der Waals surface area contributed by atoms with E-state index in [0.29, 0.717) is 46.0 Å². The van der Waals surface area contributed by atoms with Gasteiger partial charge in [0.1, 0.15) is 5.75 Å². The first-order valence-electron chi connectivity index (χ1n) is 12.8. The number of aromatic nitrogens is 1. The number of nitrogens with zero attached hydrogens (tertiary/aromatic N) is 1. The number of Topliss-reactive ketones (excluding diaryl/α,β-unsaturated/α-hetero) is 1. The summed E-state index contributed by atoms with van der Waals surface area (Å²) in [5, 5.41) is 8.18. The Morgan fingerprint density at radius 2 is 1.51 bits per heavy atom. The molecule has 4 rings (SSSR count). The molecule has 0 aliphatic rings. The number of ether oxygens (including phenoxy) is 1. The normalized spacial score (nSPS) is 10.9. The van der Waals surface area contributed by atoms with Gasteiger partial charge < -0.3 is 25.1 Å². The van der Waals surface area contributed by atoms with Gasteiger partial charge in [-0.2, -0.15) is 0 Å². The molecule has 0 fully saturated rings. The number of carbonyl (C=O) groups is 4. The van der Waals surface area contributed by atoms with E-state index < -0.39 is 17.4 Å². The summed E-state index contributed by atoms with van der Waals surface area (Å²) in [7, 11) is 1.49. The number of rotatable bonds is 9. The SMILES string of the molecule is COc1cc(NC(=O)C(=O)NC(C)(C)Cc2ccc(NC(=O)c3ccc(C(C)=O)cc3)cc2)ccc1-c1cnco1. The number of ketones is 1. The third-order valence-electron chi connectivity index (χ3n) is 6.23. The molecule has 10 nitrogen and oxygen atoms in total. The first-order chi connectivity index (χ1) is 19.5. The highest BCUT2D eigenvalue weighted by Gasteiger charge is 2.25. The fourth-order valence-electron chi connectivity index (χ4n) is 4.19. The van der Waals surface area contributed by atoms with Gasteiger partial charge in [0.05, 0.1) is 18.9 Å². The largest absolute Gasteiger partial charge is 0.496 e. The minimum Gasteiger partial charge on any atom is -0.496 e. The van der Waals surface area contributed by atoms with Crippen molar-refractivity contribution in [3.63, 3.8) is 0 Å². The first kappa shape index (κ1) is 28.8. The van der Waals surface area contributed by atoms with Crippen molar-refractivity contribution in [1.29, 1.82) is 0 Å². The lowest BCUT2D eigenvalue weighted by Gasteiger charge is -2.26. The van der Waals surface area contributed by atoms with Crippen LogP contribution < -0.4 is 20.7 Å². The monoisotopic (exact) mass is 554 g/mol. The minimum absolute atomic E-state index is 0.0672. The van der Waals surface area contributed by atoms with E-state index in [9.17, 15) is 19.2 Å². The van der Waals surface area contributed by atoms with Gasteiger partial charge in [0, 0.05) is 34.1 Å². The molecule has 4 aromatic rings.